The van der Waals surface area contributed by atoms with Gasteiger partial charge in [-0.05, 0) is 35.9 Å². The summed E-state index contributed by atoms with van der Waals surface area (Å²) in [4.78, 5) is 24.3. The Kier molecular flexibility index (Phi) is 10.8. The average Bonchev–Trinajstić information content (AvgIpc) is 2.81. The molecule has 238 valence electrons. The van der Waals surface area contributed by atoms with Crippen molar-refractivity contribution in [1.82, 2.24) is 5.32 Å². The van der Waals surface area contributed by atoms with Crippen LogP contribution in [0, 0.1) is 5.92 Å². The first-order valence-corrected chi connectivity index (χ1v) is 11.8. The van der Waals surface area contributed by atoms with Crippen LogP contribution in [0.15, 0.2) is 42.5 Å². The summed E-state index contributed by atoms with van der Waals surface area (Å²) in [7, 11) is 0. The fraction of sp³-hybridized carbons (Fsp3) is 0.360. The standard InChI is InChI=1S/C25H17ClF13NO3/c1-11(21(42)40-10-22(28,29)30)4-20(41)16-3-2-12(7-18(16)24(34,35)36)19(27)9-17(23(31,32)33)13-5-14(26)8-15(6-13)43-25(37,38)39/h2-3,5-9,11,17H,4,10H2,1H3,(H,40,42)/b19-9-/t11-,17?/m0/s1. The van der Waals surface area contributed by atoms with E-state index < -0.39 is 100 Å². The summed E-state index contributed by atoms with van der Waals surface area (Å²) in [5.41, 5.74) is -5.18. The van der Waals surface area contributed by atoms with Crippen molar-refractivity contribution in [3.63, 3.8) is 0 Å². The maximum atomic E-state index is 15.0. The van der Waals surface area contributed by atoms with Gasteiger partial charge in [-0.15, -0.1) is 13.2 Å². The Morgan fingerprint density at radius 2 is 1.53 bits per heavy atom. The fourth-order valence-corrected chi connectivity index (χ4v) is 3.83. The Bertz CT molecular complexity index is 1360. The van der Waals surface area contributed by atoms with Crippen molar-refractivity contribution in [2.24, 2.45) is 5.92 Å². The maximum absolute atomic E-state index is 15.0. The van der Waals surface area contributed by atoms with Gasteiger partial charge in [0.2, 0.25) is 5.91 Å². The Balaban J connectivity index is 2.48. The molecule has 2 aromatic carbocycles. The number of allylic oxidation sites excluding steroid dienone is 1. The molecular weight excluding hydrogens is 645 g/mol. The molecule has 2 atom stereocenters. The zero-order valence-electron chi connectivity index (χ0n) is 21.1. The van der Waals surface area contributed by atoms with Crippen molar-refractivity contribution in [2.75, 3.05) is 6.54 Å². The normalized spacial score (nSPS) is 14.7. The summed E-state index contributed by atoms with van der Waals surface area (Å²) < 4.78 is 176. The second-order valence-corrected chi connectivity index (χ2v) is 9.36. The molecule has 1 unspecified atom stereocenters. The third-order valence-electron chi connectivity index (χ3n) is 5.46. The van der Waals surface area contributed by atoms with Gasteiger partial charge in [0.25, 0.3) is 0 Å². The third-order valence-corrected chi connectivity index (χ3v) is 5.67. The van der Waals surface area contributed by atoms with Crippen LogP contribution in [0.1, 0.15) is 46.3 Å². The molecule has 0 saturated heterocycles. The molecule has 4 nitrogen and oxygen atoms in total. The minimum absolute atomic E-state index is 0.0168. The molecule has 43 heavy (non-hydrogen) atoms. The number of carbonyl (C=O) groups excluding carboxylic acids is 2. The van der Waals surface area contributed by atoms with Crippen molar-refractivity contribution in [2.45, 2.75) is 44.2 Å². The van der Waals surface area contributed by atoms with Gasteiger partial charge < -0.3 is 10.1 Å². The lowest BCUT2D eigenvalue weighted by molar-refractivity contribution is -0.274. The topological polar surface area (TPSA) is 55.4 Å². The van der Waals surface area contributed by atoms with Crippen LogP contribution >= 0.6 is 11.6 Å². The lowest BCUT2D eigenvalue weighted by Gasteiger charge is -2.20. The number of carbonyl (C=O) groups is 2. The van der Waals surface area contributed by atoms with Gasteiger partial charge in [-0.25, -0.2) is 4.39 Å². The molecule has 0 bridgehead atoms. The molecule has 0 aliphatic heterocycles. The predicted octanol–water partition coefficient (Wildman–Crippen LogP) is 8.80. The molecule has 0 radical (unpaired) electrons. The largest absolute Gasteiger partial charge is 0.573 e. The van der Waals surface area contributed by atoms with Crippen molar-refractivity contribution >= 4 is 29.1 Å². The van der Waals surface area contributed by atoms with Gasteiger partial charge in [0.15, 0.2) is 5.78 Å². The molecule has 18 heteroatoms. The molecule has 0 saturated carbocycles. The predicted molar refractivity (Wildman–Crippen MR) is 125 cm³/mol. The minimum atomic E-state index is -5.40. The smallest absolute Gasteiger partial charge is 0.406 e. The zero-order chi connectivity index (χ0) is 33.1. The SMILES string of the molecule is C[C@@H](CC(=O)c1ccc(/C(F)=C/C(c2cc(Cl)cc(OC(F)(F)F)c2)C(F)(F)F)cc1C(F)(F)F)C(=O)NCC(F)(F)F. The molecule has 0 aliphatic carbocycles. The Labute approximate surface area is 238 Å². The maximum Gasteiger partial charge on any atom is 0.573 e. The number of ketones is 1. The lowest BCUT2D eigenvalue weighted by Crippen LogP contribution is -2.37. The monoisotopic (exact) mass is 661 g/mol. The minimum Gasteiger partial charge on any atom is -0.406 e. The summed E-state index contributed by atoms with van der Waals surface area (Å²) in [6, 6.07) is 2.16. The zero-order valence-corrected chi connectivity index (χ0v) is 21.9. The fourth-order valence-electron chi connectivity index (χ4n) is 3.59. The molecule has 0 fully saturated rings. The third kappa shape index (κ3) is 10.9. The van der Waals surface area contributed by atoms with Crippen molar-refractivity contribution in [3.05, 3.63) is 69.8 Å². The summed E-state index contributed by atoms with van der Waals surface area (Å²) in [5, 5.41) is 0.773. The summed E-state index contributed by atoms with van der Waals surface area (Å²) >= 11 is 5.58. The van der Waals surface area contributed by atoms with Gasteiger partial charge in [0.05, 0.1) is 5.56 Å². The van der Waals surface area contributed by atoms with E-state index in [1.165, 1.54) is 5.32 Å². The number of hydrogen-bond acceptors (Lipinski definition) is 3. The first-order chi connectivity index (χ1) is 19.4. The van der Waals surface area contributed by atoms with E-state index in [1.807, 2.05) is 0 Å². The second kappa shape index (κ2) is 13.0. The molecule has 0 aromatic heterocycles. The van der Waals surface area contributed by atoms with Crippen molar-refractivity contribution in [3.8, 4) is 5.75 Å². The van der Waals surface area contributed by atoms with E-state index in [0.29, 0.717) is 24.3 Å². The highest BCUT2D eigenvalue weighted by Gasteiger charge is 2.41. The molecular formula is C25H17ClF13NO3. The van der Waals surface area contributed by atoms with Crippen LogP contribution in [0.4, 0.5) is 57.1 Å². The highest BCUT2D eigenvalue weighted by Crippen LogP contribution is 2.42. The Hall–Kier alpha value is -3.50. The molecule has 2 rings (SSSR count). The number of benzene rings is 2. The quantitative estimate of drug-likeness (QED) is 0.216. The summed E-state index contributed by atoms with van der Waals surface area (Å²) in [6.45, 7) is -0.824. The van der Waals surface area contributed by atoms with Crippen LogP contribution in [-0.4, -0.2) is 37.0 Å². The van der Waals surface area contributed by atoms with E-state index in [4.69, 9.17) is 11.6 Å². The number of halogens is 14. The molecule has 0 aliphatic rings. The first-order valence-electron chi connectivity index (χ1n) is 11.5. The van der Waals surface area contributed by atoms with Gasteiger partial charge in [-0.1, -0.05) is 30.7 Å². The number of alkyl halides is 12. The summed E-state index contributed by atoms with van der Waals surface area (Å²) in [6.07, 6.45) is -22.2. The van der Waals surface area contributed by atoms with Gasteiger partial charge in [-0.3, -0.25) is 9.59 Å². The second-order valence-electron chi connectivity index (χ2n) is 8.92. The van der Waals surface area contributed by atoms with Gasteiger partial charge >= 0.3 is 24.9 Å². The highest BCUT2D eigenvalue weighted by atomic mass is 35.5. The number of ether oxygens (including phenoxy) is 1. The Morgan fingerprint density at radius 3 is 2.05 bits per heavy atom. The number of rotatable bonds is 9. The van der Waals surface area contributed by atoms with Crippen LogP contribution in [0.3, 0.4) is 0 Å². The van der Waals surface area contributed by atoms with Crippen LogP contribution < -0.4 is 10.1 Å². The molecule has 2 aromatic rings. The summed E-state index contributed by atoms with van der Waals surface area (Å²) in [5.74, 6) is -10.4. The molecule has 1 amide bonds. The van der Waals surface area contributed by atoms with E-state index in [-0.39, 0.29) is 18.2 Å². The number of Topliss-reactive ketones (excluding diaryl/α,β-unsaturated/α-hetero) is 1. The van der Waals surface area contributed by atoms with Crippen LogP contribution in [0.25, 0.3) is 5.83 Å². The molecule has 0 heterocycles. The van der Waals surface area contributed by atoms with Gasteiger partial charge in [0.1, 0.15) is 24.0 Å². The van der Waals surface area contributed by atoms with Crippen LogP contribution in [0.2, 0.25) is 5.02 Å². The van der Waals surface area contributed by atoms with Gasteiger partial charge in [0, 0.05) is 28.5 Å². The lowest BCUT2D eigenvalue weighted by atomic mass is 9.92. The Morgan fingerprint density at radius 1 is 0.930 bits per heavy atom. The van der Waals surface area contributed by atoms with Crippen molar-refractivity contribution < 1.29 is 71.4 Å². The van der Waals surface area contributed by atoms with E-state index in [0.717, 1.165) is 6.92 Å². The number of hydrogen-bond donors (Lipinski definition) is 1. The van der Waals surface area contributed by atoms with Crippen LogP contribution in [-0.2, 0) is 11.0 Å². The van der Waals surface area contributed by atoms with E-state index in [1.54, 1.807) is 0 Å². The van der Waals surface area contributed by atoms with E-state index in [2.05, 4.69) is 4.74 Å². The number of amides is 1. The molecule has 0 spiro atoms. The van der Waals surface area contributed by atoms with Gasteiger partial charge in [-0.2, -0.15) is 39.5 Å². The first kappa shape index (κ1) is 35.7. The van der Waals surface area contributed by atoms with E-state index in [9.17, 15) is 66.7 Å². The van der Waals surface area contributed by atoms with Crippen molar-refractivity contribution in [1.29, 1.82) is 0 Å². The van der Waals surface area contributed by atoms with Crippen LogP contribution in [0.5, 0.6) is 5.75 Å². The number of nitrogens with one attached hydrogen (secondary N) is 1. The highest BCUT2D eigenvalue weighted by molar-refractivity contribution is 6.30. The molecule has 1 N–H and O–H groups in total. The average molecular weight is 662 g/mol. The van der Waals surface area contributed by atoms with E-state index >= 15 is 0 Å².